The second kappa shape index (κ2) is 10.5. The van der Waals surface area contributed by atoms with E-state index in [1.165, 1.54) is 15.5 Å². The van der Waals surface area contributed by atoms with Gasteiger partial charge in [-0.25, -0.2) is 4.79 Å². The van der Waals surface area contributed by atoms with Crippen LogP contribution >= 0.6 is 0 Å². The number of para-hydroxylation sites is 1. The quantitative estimate of drug-likeness (QED) is 0.613. The molecular formula is C22H30N4O4. The number of carbonyl (C=O) groups is 1. The lowest BCUT2D eigenvalue weighted by molar-refractivity contribution is -0.114. The van der Waals surface area contributed by atoms with Gasteiger partial charge in [0.25, 0.3) is 11.5 Å². The molecule has 8 heteroatoms. The molecule has 0 spiro atoms. The molecule has 0 saturated carbocycles. The molecule has 0 bridgehead atoms. The molecule has 30 heavy (non-hydrogen) atoms. The first-order chi connectivity index (χ1) is 14.3. The zero-order chi connectivity index (χ0) is 22.3. The number of carbonyl (C=O) groups excluding carboxylic acids is 1. The first-order valence-electron chi connectivity index (χ1n) is 10.0. The number of nitrogen functional groups attached to an aromatic ring is 1. The molecule has 0 saturated heterocycles. The Morgan fingerprint density at radius 1 is 1.30 bits per heavy atom. The number of unbranched alkanes of at least 4 members (excludes halogenated alkanes) is 1. The maximum Gasteiger partial charge on any atom is 0.330 e. The van der Waals surface area contributed by atoms with Crippen LogP contribution in [0.15, 0.2) is 39.9 Å². The first-order valence-corrected chi connectivity index (χ1v) is 10.0. The summed E-state index contributed by atoms with van der Waals surface area (Å²) in [7, 11) is 1.55. The SMILES string of the molecule is CCCCn1c(N)c(N(CC(C)C)C(=O)/C=C/c2ccccc2OC)c(=O)[nH]c1=O. The number of hydrogen-bond acceptors (Lipinski definition) is 5. The van der Waals surface area contributed by atoms with Crippen LogP contribution in [0, 0.1) is 5.92 Å². The lowest BCUT2D eigenvalue weighted by Gasteiger charge is -2.25. The maximum absolute atomic E-state index is 13.1. The average Bonchev–Trinajstić information content (AvgIpc) is 2.70. The van der Waals surface area contributed by atoms with Gasteiger partial charge in [0.15, 0.2) is 5.69 Å². The van der Waals surface area contributed by atoms with Gasteiger partial charge in [-0.2, -0.15) is 0 Å². The van der Waals surface area contributed by atoms with E-state index in [9.17, 15) is 14.4 Å². The lowest BCUT2D eigenvalue weighted by Crippen LogP contribution is -2.42. The van der Waals surface area contributed by atoms with Gasteiger partial charge in [-0.3, -0.25) is 19.1 Å². The number of ether oxygens (including phenoxy) is 1. The number of hydrogen-bond donors (Lipinski definition) is 2. The predicted molar refractivity (Wildman–Crippen MR) is 120 cm³/mol. The minimum absolute atomic E-state index is 0.00288. The highest BCUT2D eigenvalue weighted by molar-refractivity contribution is 6.05. The Balaban J connectivity index is 2.50. The number of H-pyrrole nitrogens is 1. The second-order valence-corrected chi connectivity index (χ2v) is 7.42. The third kappa shape index (κ3) is 5.40. The molecule has 162 valence electrons. The summed E-state index contributed by atoms with van der Waals surface area (Å²) in [4.78, 5) is 41.5. The van der Waals surface area contributed by atoms with Gasteiger partial charge < -0.3 is 15.4 Å². The van der Waals surface area contributed by atoms with Crippen molar-refractivity contribution in [2.45, 2.75) is 40.2 Å². The number of nitrogens with one attached hydrogen (secondary N) is 1. The Kier molecular flexibility index (Phi) is 8.03. The molecule has 1 heterocycles. The summed E-state index contributed by atoms with van der Waals surface area (Å²) < 4.78 is 6.61. The van der Waals surface area contributed by atoms with Crippen molar-refractivity contribution in [1.82, 2.24) is 9.55 Å². The van der Waals surface area contributed by atoms with Crippen molar-refractivity contribution in [3.63, 3.8) is 0 Å². The monoisotopic (exact) mass is 414 g/mol. The van der Waals surface area contributed by atoms with Crippen molar-refractivity contribution in [2.24, 2.45) is 5.92 Å². The highest BCUT2D eigenvalue weighted by atomic mass is 16.5. The zero-order valence-electron chi connectivity index (χ0n) is 18.0. The number of anilines is 2. The second-order valence-electron chi connectivity index (χ2n) is 7.42. The van der Waals surface area contributed by atoms with Crippen molar-refractivity contribution < 1.29 is 9.53 Å². The summed E-state index contributed by atoms with van der Waals surface area (Å²) in [6.45, 7) is 6.49. The van der Waals surface area contributed by atoms with E-state index in [0.29, 0.717) is 12.3 Å². The fraction of sp³-hybridized carbons (Fsp3) is 0.409. The third-order valence-corrected chi connectivity index (χ3v) is 4.58. The summed E-state index contributed by atoms with van der Waals surface area (Å²) in [5.74, 6) is 0.287. The molecule has 0 aliphatic heterocycles. The Hall–Kier alpha value is -3.29. The number of aromatic nitrogens is 2. The van der Waals surface area contributed by atoms with Crippen LogP contribution in [-0.4, -0.2) is 29.1 Å². The van der Waals surface area contributed by atoms with Gasteiger partial charge in [0, 0.05) is 24.7 Å². The fourth-order valence-electron chi connectivity index (χ4n) is 3.09. The molecule has 0 fully saturated rings. The number of rotatable bonds is 9. The highest BCUT2D eigenvalue weighted by Gasteiger charge is 2.23. The van der Waals surface area contributed by atoms with Gasteiger partial charge in [-0.05, 0) is 24.5 Å². The molecule has 0 aliphatic carbocycles. The molecule has 0 radical (unpaired) electrons. The molecule has 0 unspecified atom stereocenters. The molecule has 1 aromatic heterocycles. The number of amides is 1. The van der Waals surface area contributed by atoms with Crippen LogP contribution in [0.5, 0.6) is 5.75 Å². The first kappa shape index (κ1) is 23.0. The molecule has 8 nitrogen and oxygen atoms in total. The Labute approximate surface area is 176 Å². The third-order valence-electron chi connectivity index (χ3n) is 4.58. The average molecular weight is 415 g/mol. The fourth-order valence-corrected chi connectivity index (χ4v) is 3.09. The Bertz CT molecular complexity index is 1020. The number of benzene rings is 1. The molecule has 1 amide bonds. The van der Waals surface area contributed by atoms with Crippen molar-refractivity contribution in [1.29, 1.82) is 0 Å². The Morgan fingerprint density at radius 2 is 2.00 bits per heavy atom. The van der Waals surface area contributed by atoms with Crippen LogP contribution in [0.2, 0.25) is 0 Å². The van der Waals surface area contributed by atoms with Crippen LogP contribution in [0.3, 0.4) is 0 Å². The summed E-state index contributed by atoms with van der Waals surface area (Å²) in [5, 5.41) is 0. The summed E-state index contributed by atoms with van der Waals surface area (Å²) in [5.41, 5.74) is 5.67. The van der Waals surface area contributed by atoms with Crippen LogP contribution in [-0.2, 0) is 11.3 Å². The van der Waals surface area contributed by atoms with Crippen molar-refractivity contribution >= 4 is 23.5 Å². The standard InChI is InChI=1S/C22H30N4O4/c1-5-6-13-25-20(23)19(21(28)24-22(25)29)26(14-15(2)3)18(27)12-11-16-9-7-8-10-17(16)30-4/h7-12,15H,5-6,13-14,23H2,1-4H3,(H,24,28,29)/b12-11+. The van der Waals surface area contributed by atoms with Crippen LogP contribution in [0.4, 0.5) is 11.5 Å². The van der Waals surface area contributed by atoms with Crippen LogP contribution in [0.1, 0.15) is 39.2 Å². The van der Waals surface area contributed by atoms with Gasteiger partial charge in [0.1, 0.15) is 11.6 Å². The molecule has 2 aromatic rings. The number of methoxy groups -OCH3 is 1. The van der Waals surface area contributed by atoms with Gasteiger partial charge >= 0.3 is 5.69 Å². The normalized spacial score (nSPS) is 11.2. The zero-order valence-corrected chi connectivity index (χ0v) is 18.0. The summed E-state index contributed by atoms with van der Waals surface area (Å²) in [6.07, 6.45) is 4.59. The molecule has 0 atom stereocenters. The van der Waals surface area contributed by atoms with Gasteiger partial charge in [-0.1, -0.05) is 45.4 Å². The molecular weight excluding hydrogens is 384 g/mol. The summed E-state index contributed by atoms with van der Waals surface area (Å²) >= 11 is 0. The predicted octanol–water partition coefficient (Wildman–Crippen LogP) is 2.63. The number of aromatic amines is 1. The van der Waals surface area contributed by atoms with Crippen LogP contribution in [0.25, 0.3) is 6.08 Å². The minimum atomic E-state index is -0.676. The lowest BCUT2D eigenvalue weighted by atomic mass is 10.1. The van der Waals surface area contributed by atoms with Crippen LogP contribution < -0.4 is 26.6 Å². The van der Waals surface area contributed by atoms with E-state index in [2.05, 4.69) is 4.98 Å². The van der Waals surface area contributed by atoms with Gasteiger partial charge in [-0.15, -0.1) is 0 Å². The number of nitrogens with two attached hydrogens (primary N) is 1. The Morgan fingerprint density at radius 3 is 2.63 bits per heavy atom. The largest absolute Gasteiger partial charge is 0.496 e. The molecule has 0 aliphatic rings. The maximum atomic E-state index is 13.1. The topological polar surface area (TPSA) is 110 Å². The van der Waals surface area contributed by atoms with E-state index in [0.717, 1.165) is 18.4 Å². The molecule has 3 N–H and O–H groups in total. The van der Waals surface area contributed by atoms with Crippen molar-refractivity contribution in [2.75, 3.05) is 24.3 Å². The highest BCUT2D eigenvalue weighted by Crippen LogP contribution is 2.21. The smallest absolute Gasteiger partial charge is 0.330 e. The summed E-state index contributed by atoms with van der Waals surface area (Å²) in [6, 6.07) is 7.29. The van der Waals surface area contributed by atoms with Gasteiger partial charge in [0.2, 0.25) is 0 Å². The van der Waals surface area contributed by atoms with Crippen molar-refractivity contribution in [3.05, 3.63) is 56.7 Å². The van der Waals surface area contributed by atoms with Gasteiger partial charge in [0.05, 0.1) is 7.11 Å². The van der Waals surface area contributed by atoms with E-state index in [1.807, 2.05) is 39.0 Å². The number of nitrogens with zero attached hydrogens (tertiary/aromatic N) is 2. The minimum Gasteiger partial charge on any atom is -0.496 e. The van der Waals surface area contributed by atoms with E-state index in [1.54, 1.807) is 19.3 Å². The van der Waals surface area contributed by atoms with Crippen molar-refractivity contribution in [3.8, 4) is 5.75 Å². The van der Waals surface area contributed by atoms with E-state index < -0.39 is 17.2 Å². The van der Waals surface area contributed by atoms with E-state index in [-0.39, 0.29) is 24.0 Å². The molecule has 1 aromatic carbocycles. The van der Waals surface area contributed by atoms with E-state index in [4.69, 9.17) is 10.5 Å². The van der Waals surface area contributed by atoms with E-state index >= 15 is 0 Å². The molecule has 2 rings (SSSR count).